The van der Waals surface area contributed by atoms with Crippen LogP contribution in [0.4, 0.5) is 15.8 Å². The highest BCUT2D eigenvalue weighted by Crippen LogP contribution is 2.26. The number of amides is 1. The summed E-state index contributed by atoms with van der Waals surface area (Å²) in [4.78, 5) is 28.5. The summed E-state index contributed by atoms with van der Waals surface area (Å²) in [6.07, 6.45) is 0. The summed E-state index contributed by atoms with van der Waals surface area (Å²) in [5.41, 5.74) is 0.729. The van der Waals surface area contributed by atoms with Crippen LogP contribution in [-0.4, -0.2) is 18.5 Å². The van der Waals surface area contributed by atoms with Crippen molar-refractivity contribution in [3.8, 4) is 5.75 Å². The van der Waals surface area contributed by atoms with E-state index in [4.69, 9.17) is 9.15 Å². The predicted octanol–water partition coefficient (Wildman–Crippen LogP) is 3.82. The lowest BCUT2D eigenvalue weighted by molar-refractivity contribution is -0.255. The zero-order chi connectivity index (χ0) is 23.4. The Bertz CT molecular complexity index is 1410. The number of hydrogen-bond acceptors (Lipinski definition) is 6. The van der Waals surface area contributed by atoms with E-state index in [1.54, 1.807) is 30.3 Å². The van der Waals surface area contributed by atoms with Crippen LogP contribution in [0.5, 0.6) is 5.75 Å². The lowest BCUT2D eigenvalue weighted by Crippen LogP contribution is -2.22. The minimum atomic E-state index is -1.32. The van der Waals surface area contributed by atoms with Crippen LogP contribution >= 0.6 is 0 Å². The summed E-state index contributed by atoms with van der Waals surface area (Å²) < 4.78 is 25.7. The van der Waals surface area contributed by atoms with Gasteiger partial charge in [-0.2, -0.15) is 0 Å². The zero-order valence-electron chi connectivity index (χ0n) is 17.5. The fourth-order valence-corrected chi connectivity index (χ4v) is 3.18. The maximum Gasteiger partial charge on any atom is 0.261 e. The van der Waals surface area contributed by atoms with Crippen LogP contribution in [0.1, 0.15) is 27.6 Å². The van der Waals surface area contributed by atoms with Gasteiger partial charge in [0.1, 0.15) is 11.4 Å². The Labute approximate surface area is 187 Å². The lowest BCUT2D eigenvalue weighted by Gasteiger charge is -2.10. The molecule has 8 heteroatoms. The molecule has 0 unspecified atom stereocenters. The smallest absolute Gasteiger partial charge is 0.261 e. The number of nitrogens with zero attached hydrogens (tertiary/aromatic N) is 1. The minimum Gasteiger partial charge on any atom is -0.545 e. The van der Waals surface area contributed by atoms with Gasteiger partial charge >= 0.3 is 0 Å². The van der Waals surface area contributed by atoms with Crippen molar-refractivity contribution in [2.75, 3.05) is 11.9 Å². The van der Waals surface area contributed by atoms with Gasteiger partial charge in [0.2, 0.25) is 5.55 Å². The van der Waals surface area contributed by atoms with Gasteiger partial charge < -0.3 is 24.4 Å². The molecule has 0 spiro atoms. The highest BCUT2D eigenvalue weighted by Gasteiger charge is 2.16. The van der Waals surface area contributed by atoms with Gasteiger partial charge in [-0.3, -0.25) is 4.79 Å². The largest absolute Gasteiger partial charge is 0.545 e. The third kappa shape index (κ3) is 4.74. The molecule has 0 bridgehead atoms. The van der Waals surface area contributed by atoms with Crippen LogP contribution in [0.2, 0.25) is 0 Å². The molecule has 4 rings (SSSR count). The number of aromatic carboxylic acids is 1. The van der Waals surface area contributed by atoms with E-state index in [1.165, 1.54) is 42.5 Å². The molecule has 0 saturated carbocycles. The molecule has 0 fully saturated rings. The van der Waals surface area contributed by atoms with Gasteiger partial charge in [-0.1, -0.05) is 36.4 Å². The number of carbonyl (C=O) groups is 2. The standard InChI is InChI=1S/C25H19FN2O5/c1-2-32-21-9-5-6-16-14-18(23(29)28-20-8-4-3-7-19(20)26)24(33-22(16)21)27-17-12-10-15(11-13-17)25(30)31/h3-14H,2H2,1H3,(H,28,29)(H,30,31)/p-1. The molecule has 0 saturated heterocycles. The average Bonchev–Trinajstić information content (AvgIpc) is 2.81. The summed E-state index contributed by atoms with van der Waals surface area (Å²) in [7, 11) is 0. The first-order valence-corrected chi connectivity index (χ1v) is 10.1. The highest BCUT2D eigenvalue weighted by molar-refractivity contribution is 6.05. The summed E-state index contributed by atoms with van der Waals surface area (Å²) in [6.45, 7) is 2.24. The third-order valence-corrected chi connectivity index (χ3v) is 4.74. The van der Waals surface area contributed by atoms with E-state index in [2.05, 4.69) is 10.3 Å². The van der Waals surface area contributed by atoms with Crippen LogP contribution in [0.25, 0.3) is 11.0 Å². The molecule has 7 nitrogen and oxygen atoms in total. The molecule has 0 aliphatic carbocycles. The monoisotopic (exact) mass is 445 g/mol. The van der Waals surface area contributed by atoms with Gasteiger partial charge in [0.05, 0.1) is 24.0 Å². The first kappa shape index (κ1) is 21.8. The molecule has 0 aliphatic heterocycles. The molecule has 0 atom stereocenters. The van der Waals surface area contributed by atoms with Gasteiger partial charge in [-0.25, -0.2) is 9.38 Å². The number of anilines is 1. The molecule has 1 N–H and O–H groups in total. The molecule has 1 aromatic heterocycles. The van der Waals surface area contributed by atoms with Crippen molar-refractivity contribution < 1.29 is 28.2 Å². The van der Waals surface area contributed by atoms with Crippen LogP contribution in [-0.2, 0) is 0 Å². The van der Waals surface area contributed by atoms with Gasteiger partial charge in [0.25, 0.3) is 5.91 Å². The van der Waals surface area contributed by atoms with Crippen molar-refractivity contribution in [2.45, 2.75) is 6.92 Å². The second-order valence-electron chi connectivity index (χ2n) is 6.95. The van der Waals surface area contributed by atoms with Gasteiger partial charge in [0, 0.05) is 5.39 Å². The fraction of sp³-hybridized carbons (Fsp3) is 0.0800. The second-order valence-corrected chi connectivity index (χ2v) is 6.95. The SMILES string of the molecule is CCOc1cccc2cc(C(=O)Nc3ccccc3F)c(=Nc3ccc(C(=O)[O-])cc3)oc12. The highest BCUT2D eigenvalue weighted by atomic mass is 19.1. The van der Waals surface area contributed by atoms with Crippen LogP contribution in [0, 0.1) is 5.82 Å². The Kier molecular flexibility index (Phi) is 6.17. The zero-order valence-corrected chi connectivity index (χ0v) is 17.5. The number of carbonyl (C=O) groups excluding carboxylic acids is 2. The predicted molar refractivity (Wildman–Crippen MR) is 118 cm³/mol. The normalized spacial score (nSPS) is 11.4. The Morgan fingerprint density at radius 1 is 1.06 bits per heavy atom. The van der Waals surface area contributed by atoms with Gasteiger partial charge in [-0.15, -0.1) is 0 Å². The first-order chi connectivity index (χ1) is 16.0. The number of carboxylic acid groups (broad SMARTS) is 1. The number of rotatable bonds is 6. The van der Waals surface area contributed by atoms with Gasteiger partial charge in [0.15, 0.2) is 11.3 Å². The molecule has 33 heavy (non-hydrogen) atoms. The molecular weight excluding hydrogens is 427 g/mol. The number of halogens is 1. The van der Waals surface area contributed by atoms with Crippen molar-refractivity contribution in [1.29, 1.82) is 0 Å². The van der Waals surface area contributed by atoms with Crippen LogP contribution in [0.15, 0.2) is 82.2 Å². The summed E-state index contributed by atoms with van der Waals surface area (Å²) >= 11 is 0. The number of ether oxygens (including phenoxy) is 1. The number of nitrogens with one attached hydrogen (secondary N) is 1. The lowest BCUT2D eigenvalue weighted by atomic mass is 10.1. The molecule has 0 radical (unpaired) electrons. The molecule has 4 aromatic rings. The number of fused-ring (bicyclic) bond motifs is 1. The van der Waals surface area contributed by atoms with Crippen molar-refractivity contribution in [2.24, 2.45) is 4.99 Å². The molecule has 1 amide bonds. The first-order valence-electron chi connectivity index (χ1n) is 10.1. The average molecular weight is 445 g/mol. The van der Waals surface area contributed by atoms with Crippen LogP contribution < -0.4 is 20.7 Å². The van der Waals surface area contributed by atoms with Crippen LogP contribution in [0.3, 0.4) is 0 Å². The third-order valence-electron chi connectivity index (χ3n) is 4.74. The molecule has 166 valence electrons. The Balaban J connectivity index is 1.87. The molecule has 1 heterocycles. The van der Waals surface area contributed by atoms with Crippen molar-refractivity contribution in [1.82, 2.24) is 0 Å². The minimum absolute atomic E-state index is 0.00919. The Morgan fingerprint density at radius 2 is 1.82 bits per heavy atom. The van der Waals surface area contributed by atoms with E-state index >= 15 is 0 Å². The number of carboxylic acids is 1. The van der Waals surface area contributed by atoms with Crippen molar-refractivity contribution >= 4 is 34.2 Å². The van der Waals surface area contributed by atoms with E-state index in [0.29, 0.717) is 29.0 Å². The summed E-state index contributed by atoms with van der Waals surface area (Å²) in [6, 6.07) is 18.2. The fourth-order valence-electron chi connectivity index (χ4n) is 3.18. The van der Waals surface area contributed by atoms with E-state index in [0.717, 1.165) is 0 Å². The maximum absolute atomic E-state index is 14.1. The summed E-state index contributed by atoms with van der Waals surface area (Å²) in [5, 5.41) is 14.1. The van der Waals surface area contributed by atoms with E-state index in [9.17, 15) is 19.1 Å². The van der Waals surface area contributed by atoms with Crippen molar-refractivity contribution in [3.63, 3.8) is 0 Å². The van der Waals surface area contributed by atoms with Crippen molar-refractivity contribution in [3.05, 3.63) is 95.3 Å². The quantitative estimate of drug-likeness (QED) is 0.486. The second kappa shape index (κ2) is 9.35. The Hall–Kier alpha value is -4.46. The van der Waals surface area contributed by atoms with Gasteiger partial charge in [-0.05, 0) is 48.9 Å². The maximum atomic E-state index is 14.1. The number of hydrogen-bond donors (Lipinski definition) is 1. The summed E-state index contributed by atoms with van der Waals surface area (Å²) in [5.74, 6) is -2.06. The molecule has 3 aromatic carbocycles. The van der Waals surface area contributed by atoms with E-state index in [1.807, 2.05) is 6.92 Å². The molecule has 0 aliphatic rings. The van der Waals surface area contributed by atoms with E-state index in [-0.39, 0.29) is 22.4 Å². The topological polar surface area (TPSA) is 104 Å². The Morgan fingerprint density at radius 3 is 2.52 bits per heavy atom. The number of benzene rings is 3. The van der Waals surface area contributed by atoms with E-state index < -0.39 is 17.7 Å². The number of para-hydroxylation sites is 2. The molecular formula is C25H18FN2O5-.